The van der Waals surface area contributed by atoms with Crippen LogP contribution in [0.5, 0.6) is 5.75 Å². The van der Waals surface area contributed by atoms with Crippen molar-refractivity contribution in [3.63, 3.8) is 0 Å². The van der Waals surface area contributed by atoms with E-state index in [4.69, 9.17) is 4.74 Å². The van der Waals surface area contributed by atoms with Gasteiger partial charge in [0.15, 0.2) is 5.96 Å². The lowest BCUT2D eigenvalue weighted by Crippen LogP contribution is -2.39. The summed E-state index contributed by atoms with van der Waals surface area (Å²) in [6.07, 6.45) is 2.04. The molecule has 144 valence electrons. The third-order valence-corrected chi connectivity index (χ3v) is 3.99. The van der Waals surface area contributed by atoms with Crippen molar-refractivity contribution in [2.75, 3.05) is 33.1 Å². The largest absolute Gasteiger partial charge is 0.496 e. The number of hydrogen-bond acceptors (Lipinski definition) is 4. The van der Waals surface area contributed by atoms with Crippen LogP contribution in [0.1, 0.15) is 17.5 Å². The molecule has 0 aliphatic rings. The Bertz CT molecular complexity index is 774. The molecule has 7 heteroatoms. The molecule has 0 radical (unpaired) electrons. The quantitative estimate of drug-likeness (QED) is 0.579. The number of benzene rings is 1. The minimum absolute atomic E-state index is 0.0957. The molecule has 1 heterocycles. The highest BCUT2D eigenvalue weighted by Gasteiger charge is 2.10. The zero-order chi connectivity index (χ0) is 19.6. The van der Waals surface area contributed by atoms with E-state index < -0.39 is 0 Å². The SMILES string of the molecule is CN=C(NCCC(=O)Nc1ccc(C)cn1)N(C)Cc1ccccc1OC. The second-order valence-electron chi connectivity index (χ2n) is 6.16. The first-order chi connectivity index (χ1) is 13.0. The molecule has 0 bridgehead atoms. The summed E-state index contributed by atoms with van der Waals surface area (Å²) in [5.41, 5.74) is 2.12. The molecule has 0 unspecified atom stereocenters. The van der Waals surface area contributed by atoms with E-state index in [1.807, 2.05) is 49.2 Å². The topological polar surface area (TPSA) is 78.8 Å². The van der Waals surface area contributed by atoms with Crippen LogP contribution in [-0.2, 0) is 11.3 Å². The molecule has 1 aromatic heterocycles. The van der Waals surface area contributed by atoms with Gasteiger partial charge in [-0.2, -0.15) is 0 Å². The Labute approximate surface area is 160 Å². The molecular formula is C20H27N5O2. The summed E-state index contributed by atoms with van der Waals surface area (Å²) in [6, 6.07) is 11.6. The minimum Gasteiger partial charge on any atom is -0.496 e. The molecule has 1 aromatic carbocycles. The van der Waals surface area contributed by atoms with Gasteiger partial charge in [-0.05, 0) is 24.6 Å². The van der Waals surface area contributed by atoms with Crippen LogP contribution in [0.25, 0.3) is 0 Å². The Balaban J connectivity index is 1.82. The van der Waals surface area contributed by atoms with Gasteiger partial charge in [0.25, 0.3) is 0 Å². The highest BCUT2D eigenvalue weighted by molar-refractivity contribution is 5.90. The highest BCUT2D eigenvalue weighted by atomic mass is 16.5. The second-order valence-corrected chi connectivity index (χ2v) is 6.16. The maximum absolute atomic E-state index is 12.1. The van der Waals surface area contributed by atoms with E-state index in [0.717, 1.165) is 16.9 Å². The molecule has 0 atom stereocenters. The van der Waals surface area contributed by atoms with Crippen LogP contribution >= 0.6 is 0 Å². The van der Waals surface area contributed by atoms with Crippen molar-refractivity contribution in [3.8, 4) is 5.75 Å². The van der Waals surface area contributed by atoms with E-state index in [9.17, 15) is 4.79 Å². The van der Waals surface area contributed by atoms with Crippen LogP contribution in [0.4, 0.5) is 5.82 Å². The molecule has 27 heavy (non-hydrogen) atoms. The highest BCUT2D eigenvalue weighted by Crippen LogP contribution is 2.18. The van der Waals surface area contributed by atoms with Crippen LogP contribution in [0, 0.1) is 6.92 Å². The van der Waals surface area contributed by atoms with Crippen LogP contribution in [0.3, 0.4) is 0 Å². The van der Waals surface area contributed by atoms with Gasteiger partial charge in [0.2, 0.25) is 5.91 Å². The summed E-state index contributed by atoms with van der Waals surface area (Å²) in [5.74, 6) is 2.01. The summed E-state index contributed by atoms with van der Waals surface area (Å²) in [7, 11) is 5.32. The first-order valence-corrected chi connectivity index (χ1v) is 8.79. The number of hydrogen-bond donors (Lipinski definition) is 2. The molecule has 2 N–H and O–H groups in total. The summed E-state index contributed by atoms with van der Waals surface area (Å²) in [5, 5.41) is 5.99. The van der Waals surface area contributed by atoms with E-state index in [1.54, 1.807) is 26.4 Å². The third kappa shape index (κ3) is 6.29. The number of aromatic nitrogens is 1. The molecule has 1 amide bonds. The fraction of sp³-hybridized carbons (Fsp3) is 0.350. The lowest BCUT2D eigenvalue weighted by atomic mass is 10.2. The number of ether oxygens (including phenoxy) is 1. The van der Waals surface area contributed by atoms with Crippen LogP contribution < -0.4 is 15.4 Å². The van der Waals surface area contributed by atoms with Gasteiger partial charge >= 0.3 is 0 Å². The number of aliphatic imine (C=N–C) groups is 1. The Morgan fingerprint density at radius 1 is 1.26 bits per heavy atom. The van der Waals surface area contributed by atoms with Gasteiger partial charge < -0.3 is 20.3 Å². The molecule has 0 saturated carbocycles. The number of carbonyl (C=O) groups is 1. The third-order valence-electron chi connectivity index (χ3n) is 3.99. The number of rotatable bonds is 7. The fourth-order valence-electron chi connectivity index (χ4n) is 2.58. The van der Waals surface area contributed by atoms with Crippen molar-refractivity contribution in [2.24, 2.45) is 4.99 Å². The van der Waals surface area contributed by atoms with Gasteiger partial charge in [-0.25, -0.2) is 4.98 Å². The maximum atomic E-state index is 12.1. The average molecular weight is 369 g/mol. The van der Waals surface area contributed by atoms with Gasteiger partial charge in [0, 0.05) is 45.4 Å². The number of para-hydroxylation sites is 1. The number of anilines is 1. The summed E-state index contributed by atoms with van der Waals surface area (Å²) < 4.78 is 5.39. The number of aryl methyl sites for hydroxylation is 1. The normalized spacial score (nSPS) is 11.0. The predicted octanol–water partition coefficient (Wildman–Crippen LogP) is 2.43. The van der Waals surface area contributed by atoms with Crippen molar-refractivity contribution in [2.45, 2.75) is 19.9 Å². The lowest BCUT2D eigenvalue weighted by Gasteiger charge is -2.23. The lowest BCUT2D eigenvalue weighted by molar-refractivity contribution is -0.116. The molecule has 0 saturated heterocycles. The molecule has 0 spiro atoms. The van der Waals surface area contributed by atoms with Crippen molar-refractivity contribution in [3.05, 3.63) is 53.7 Å². The molecule has 2 aromatic rings. The first-order valence-electron chi connectivity index (χ1n) is 8.79. The van der Waals surface area contributed by atoms with E-state index in [0.29, 0.717) is 31.3 Å². The first kappa shape index (κ1) is 20.2. The summed E-state index contributed by atoms with van der Waals surface area (Å²) in [4.78, 5) is 22.5. The Morgan fingerprint density at radius 2 is 2.04 bits per heavy atom. The molecule has 7 nitrogen and oxygen atoms in total. The molecule has 0 fully saturated rings. The van der Waals surface area contributed by atoms with Crippen LogP contribution in [-0.4, -0.2) is 49.5 Å². The number of carbonyl (C=O) groups excluding carboxylic acids is 1. The maximum Gasteiger partial charge on any atom is 0.227 e. The van der Waals surface area contributed by atoms with E-state index >= 15 is 0 Å². The molecule has 0 aliphatic carbocycles. The van der Waals surface area contributed by atoms with Crippen molar-refractivity contribution in [1.82, 2.24) is 15.2 Å². The van der Waals surface area contributed by atoms with Gasteiger partial charge in [-0.15, -0.1) is 0 Å². The monoisotopic (exact) mass is 369 g/mol. The standard InChI is InChI=1S/C20H27N5O2/c1-15-9-10-18(23-13-15)24-19(26)11-12-22-20(21-2)25(3)14-16-7-5-6-8-17(16)27-4/h5-10,13H,11-12,14H2,1-4H3,(H,21,22)(H,23,24,26). The van der Waals surface area contributed by atoms with Crippen molar-refractivity contribution < 1.29 is 9.53 Å². The summed E-state index contributed by atoms with van der Waals surface area (Å²) >= 11 is 0. The Morgan fingerprint density at radius 3 is 2.70 bits per heavy atom. The average Bonchev–Trinajstić information content (AvgIpc) is 2.67. The van der Waals surface area contributed by atoms with Gasteiger partial charge in [0.05, 0.1) is 7.11 Å². The zero-order valence-corrected chi connectivity index (χ0v) is 16.3. The van der Waals surface area contributed by atoms with Crippen LogP contribution in [0.2, 0.25) is 0 Å². The van der Waals surface area contributed by atoms with E-state index in [1.165, 1.54) is 0 Å². The Kier molecular flexibility index (Phi) is 7.61. The number of nitrogens with zero attached hydrogens (tertiary/aromatic N) is 3. The number of nitrogens with one attached hydrogen (secondary N) is 2. The smallest absolute Gasteiger partial charge is 0.227 e. The zero-order valence-electron chi connectivity index (χ0n) is 16.3. The predicted molar refractivity (Wildman–Crippen MR) is 108 cm³/mol. The van der Waals surface area contributed by atoms with Crippen molar-refractivity contribution in [1.29, 1.82) is 0 Å². The molecule has 2 rings (SSSR count). The van der Waals surface area contributed by atoms with Gasteiger partial charge in [0.1, 0.15) is 11.6 Å². The Hall–Kier alpha value is -3.09. The van der Waals surface area contributed by atoms with Gasteiger partial charge in [-0.3, -0.25) is 9.79 Å². The summed E-state index contributed by atoms with van der Waals surface area (Å²) in [6.45, 7) is 3.07. The molecule has 0 aliphatic heterocycles. The van der Waals surface area contributed by atoms with E-state index in [2.05, 4.69) is 20.6 Å². The van der Waals surface area contributed by atoms with Gasteiger partial charge in [-0.1, -0.05) is 24.3 Å². The number of pyridine rings is 1. The number of guanidine groups is 1. The number of amides is 1. The van der Waals surface area contributed by atoms with E-state index in [-0.39, 0.29) is 5.91 Å². The van der Waals surface area contributed by atoms with Crippen molar-refractivity contribution >= 4 is 17.7 Å². The second kappa shape index (κ2) is 10.2. The number of methoxy groups -OCH3 is 1. The van der Waals surface area contributed by atoms with Crippen LogP contribution in [0.15, 0.2) is 47.6 Å². The molecular weight excluding hydrogens is 342 g/mol. The minimum atomic E-state index is -0.0957. The fourth-order valence-corrected chi connectivity index (χ4v) is 2.58.